The summed E-state index contributed by atoms with van der Waals surface area (Å²) in [6.07, 6.45) is -2.23. The maximum atomic E-state index is 12.8. The SMILES string of the molecule is CC(CCCNC(=O)N1CCC(O)(c2ccc(C(F)(F)F)cc2)CC1)(c1ccccc1)c1ccccc1. The molecule has 1 aliphatic heterocycles. The summed E-state index contributed by atoms with van der Waals surface area (Å²) >= 11 is 0. The van der Waals surface area contributed by atoms with Crippen LogP contribution in [-0.4, -0.2) is 35.7 Å². The van der Waals surface area contributed by atoms with Gasteiger partial charge in [-0.2, -0.15) is 13.2 Å². The Morgan fingerprint density at radius 1 is 0.865 bits per heavy atom. The molecule has 2 N–H and O–H groups in total. The highest BCUT2D eigenvalue weighted by molar-refractivity contribution is 5.74. The highest BCUT2D eigenvalue weighted by atomic mass is 19.4. The van der Waals surface area contributed by atoms with Crippen LogP contribution in [-0.2, 0) is 17.2 Å². The molecule has 0 unspecified atom stereocenters. The molecular formula is C30H33F3N2O2. The molecule has 196 valence electrons. The van der Waals surface area contributed by atoms with Crippen molar-refractivity contribution in [1.29, 1.82) is 0 Å². The molecule has 1 saturated heterocycles. The number of hydrogen-bond donors (Lipinski definition) is 2. The first-order valence-corrected chi connectivity index (χ1v) is 12.7. The monoisotopic (exact) mass is 510 g/mol. The quantitative estimate of drug-likeness (QED) is 0.357. The Hall–Kier alpha value is -3.32. The second kappa shape index (κ2) is 11.0. The van der Waals surface area contributed by atoms with Crippen molar-refractivity contribution in [2.45, 2.75) is 49.8 Å². The molecule has 2 amide bonds. The second-order valence-electron chi connectivity index (χ2n) is 9.99. The highest BCUT2D eigenvalue weighted by Crippen LogP contribution is 2.37. The topological polar surface area (TPSA) is 52.6 Å². The number of piperidine rings is 1. The average molecular weight is 511 g/mol. The van der Waals surface area contributed by atoms with Crippen molar-refractivity contribution in [1.82, 2.24) is 10.2 Å². The lowest BCUT2D eigenvalue weighted by Gasteiger charge is -2.38. The maximum Gasteiger partial charge on any atom is 0.416 e. The van der Waals surface area contributed by atoms with Crippen LogP contribution in [0.1, 0.15) is 54.9 Å². The van der Waals surface area contributed by atoms with Crippen molar-refractivity contribution in [2.24, 2.45) is 0 Å². The summed E-state index contributed by atoms with van der Waals surface area (Å²) in [6.45, 7) is 3.41. The molecule has 3 aromatic carbocycles. The Morgan fingerprint density at radius 2 is 1.38 bits per heavy atom. The highest BCUT2D eigenvalue weighted by Gasteiger charge is 2.37. The van der Waals surface area contributed by atoms with Crippen LogP contribution in [0.5, 0.6) is 0 Å². The van der Waals surface area contributed by atoms with E-state index in [0.29, 0.717) is 25.2 Å². The Morgan fingerprint density at radius 3 is 1.86 bits per heavy atom. The van der Waals surface area contributed by atoms with Gasteiger partial charge in [0.25, 0.3) is 0 Å². The Kier molecular flexibility index (Phi) is 7.93. The molecule has 3 aromatic rings. The van der Waals surface area contributed by atoms with E-state index in [4.69, 9.17) is 0 Å². The summed E-state index contributed by atoms with van der Waals surface area (Å²) in [5.74, 6) is 0. The fourth-order valence-corrected chi connectivity index (χ4v) is 5.15. The van der Waals surface area contributed by atoms with Crippen molar-refractivity contribution in [2.75, 3.05) is 19.6 Å². The van der Waals surface area contributed by atoms with Gasteiger partial charge in [0, 0.05) is 25.0 Å². The number of amides is 2. The van der Waals surface area contributed by atoms with E-state index in [-0.39, 0.29) is 24.3 Å². The van der Waals surface area contributed by atoms with E-state index in [1.54, 1.807) is 4.90 Å². The van der Waals surface area contributed by atoms with E-state index in [1.165, 1.54) is 23.3 Å². The number of alkyl halides is 3. The molecule has 0 saturated carbocycles. The van der Waals surface area contributed by atoms with Crippen molar-refractivity contribution >= 4 is 6.03 Å². The van der Waals surface area contributed by atoms with E-state index in [2.05, 4.69) is 36.5 Å². The molecule has 1 heterocycles. The average Bonchev–Trinajstić information content (AvgIpc) is 2.92. The molecule has 0 aromatic heterocycles. The summed E-state index contributed by atoms with van der Waals surface area (Å²) in [7, 11) is 0. The van der Waals surface area contributed by atoms with E-state index in [9.17, 15) is 23.1 Å². The van der Waals surface area contributed by atoms with Gasteiger partial charge < -0.3 is 15.3 Å². The van der Waals surface area contributed by atoms with Gasteiger partial charge in [-0.3, -0.25) is 0 Å². The Balaban J connectivity index is 1.30. The smallest absolute Gasteiger partial charge is 0.385 e. The lowest BCUT2D eigenvalue weighted by atomic mass is 9.73. The predicted molar refractivity (Wildman–Crippen MR) is 138 cm³/mol. The van der Waals surface area contributed by atoms with Crippen LogP contribution in [0.25, 0.3) is 0 Å². The number of hydrogen-bond acceptors (Lipinski definition) is 2. The van der Waals surface area contributed by atoms with Crippen LogP contribution >= 0.6 is 0 Å². The summed E-state index contributed by atoms with van der Waals surface area (Å²) < 4.78 is 38.5. The summed E-state index contributed by atoms with van der Waals surface area (Å²) in [5.41, 5.74) is 0.733. The first-order valence-electron chi connectivity index (χ1n) is 12.7. The minimum absolute atomic E-state index is 0.184. The number of benzene rings is 3. The van der Waals surface area contributed by atoms with Crippen LogP contribution in [0.4, 0.5) is 18.0 Å². The van der Waals surface area contributed by atoms with Gasteiger partial charge in [-0.1, -0.05) is 79.7 Å². The van der Waals surface area contributed by atoms with E-state index < -0.39 is 17.3 Å². The zero-order chi connectivity index (χ0) is 26.5. The molecule has 0 radical (unpaired) electrons. The van der Waals surface area contributed by atoms with Crippen LogP contribution in [0.15, 0.2) is 84.9 Å². The summed E-state index contributed by atoms with van der Waals surface area (Å²) in [5, 5.41) is 14.0. The molecule has 0 atom stereocenters. The standard InChI is InChI=1S/C30H33F3N2O2/c1-28(23-9-4-2-5-10-23,24-11-6-3-7-12-24)17-8-20-34-27(36)35-21-18-29(37,19-22-35)25-13-15-26(16-14-25)30(31,32)33/h2-7,9-16,37H,8,17-22H2,1H3,(H,34,36). The summed E-state index contributed by atoms with van der Waals surface area (Å²) in [4.78, 5) is 14.4. The fourth-order valence-electron chi connectivity index (χ4n) is 5.15. The number of nitrogens with one attached hydrogen (secondary N) is 1. The van der Waals surface area contributed by atoms with E-state index >= 15 is 0 Å². The number of carbonyl (C=O) groups is 1. The zero-order valence-electron chi connectivity index (χ0n) is 21.0. The zero-order valence-corrected chi connectivity index (χ0v) is 21.0. The second-order valence-corrected chi connectivity index (χ2v) is 9.99. The molecule has 7 heteroatoms. The van der Waals surface area contributed by atoms with Gasteiger partial charge in [0.05, 0.1) is 11.2 Å². The number of halogens is 3. The van der Waals surface area contributed by atoms with Crippen LogP contribution in [0.3, 0.4) is 0 Å². The first kappa shape index (κ1) is 26.7. The third-order valence-corrected chi connectivity index (χ3v) is 7.58. The number of nitrogens with zero attached hydrogens (tertiary/aromatic N) is 1. The largest absolute Gasteiger partial charge is 0.416 e. The van der Waals surface area contributed by atoms with Crippen molar-refractivity contribution < 1.29 is 23.1 Å². The lowest BCUT2D eigenvalue weighted by molar-refractivity contribution is -0.137. The Bertz CT molecular complexity index is 1120. The number of urea groups is 1. The minimum Gasteiger partial charge on any atom is -0.385 e. The van der Waals surface area contributed by atoms with Crippen molar-refractivity contribution in [3.63, 3.8) is 0 Å². The molecule has 4 rings (SSSR count). The van der Waals surface area contributed by atoms with Gasteiger partial charge in [0.1, 0.15) is 0 Å². The molecule has 0 spiro atoms. The molecule has 1 fully saturated rings. The number of aliphatic hydroxyl groups is 1. The number of likely N-dealkylation sites (tertiary alicyclic amines) is 1. The number of rotatable bonds is 7. The number of carbonyl (C=O) groups excluding carboxylic acids is 1. The minimum atomic E-state index is -4.41. The third-order valence-electron chi connectivity index (χ3n) is 7.58. The van der Waals surface area contributed by atoms with Crippen molar-refractivity contribution in [3.05, 3.63) is 107 Å². The van der Waals surface area contributed by atoms with Gasteiger partial charge in [0.15, 0.2) is 0 Å². The molecule has 0 aliphatic carbocycles. The van der Waals surface area contributed by atoms with Crippen LogP contribution in [0, 0.1) is 0 Å². The molecule has 4 nitrogen and oxygen atoms in total. The van der Waals surface area contributed by atoms with Gasteiger partial charge in [0.2, 0.25) is 0 Å². The van der Waals surface area contributed by atoms with Gasteiger partial charge in [-0.25, -0.2) is 4.79 Å². The van der Waals surface area contributed by atoms with Crippen LogP contribution < -0.4 is 5.32 Å². The molecular weight excluding hydrogens is 477 g/mol. The first-order chi connectivity index (χ1) is 17.6. The third kappa shape index (κ3) is 6.16. The Labute approximate surface area is 216 Å². The predicted octanol–water partition coefficient (Wildman–Crippen LogP) is 6.48. The van der Waals surface area contributed by atoms with E-state index in [1.807, 2.05) is 36.4 Å². The normalized spacial score (nSPS) is 15.9. The van der Waals surface area contributed by atoms with Crippen LogP contribution in [0.2, 0.25) is 0 Å². The molecule has 37 heavy (non-hydrogen) atoms. The maximum absolute atomic E-state index is 12.8. The molecule has 0 bridgehead atoms. The van der Waals surface area contributed by atoms with Gasteiger partial charge in [-0.05, 0) is 54.5 Å². The van der Waals surface area contributed by atoms with E-state index in [0.717, 1.165) is 25.0 Å². The summed E-state index contributed by atoms with van der Waals surface area (Å²) in [6, 6.07) is 25.2. The molecule has 1 aliphatic rings. The fraction of sp³-hybridized carbons (Fsp3) is 0.367. The van der Waals surface area contributed by atoms with Gasteiger partial charge >= 0.3 is 12.2 Å². The lowest BCUT2D eigenvalue weighted by Crippen LogP contribution is -2.49. The van der Waals surface area contributed by atoms with Crippen molar-refractivity contribution in [3.8, 4) is 0 Å². The van der Waals surface area contributed by atoms with Gasteiger partial charge in [-0.15, -0.1) is 0 Å².